The first-order valence-electron chi connectivity index (χ1n) is 5.18. The Labute approximate surface area is 93.1 Å². The Balaban J connectivity index is 2.46. The van der Waals surface area contributed by atoms with Crippen LogP contribution in [0.5, 0.6) is 0 Å². The van der Waals surface area contributed by atoms with Crippen LogP contribution in [0.2, 0.25) is 0 Å². The maximum absolute atomic E-state index is 11.5. The van der Waals surface area contributed by atoms with E-state index >= 15 is 0 Å². The van der Waals surface area contributed by atoms with Crippen molar-refractivity contribution in [3.05, 3.63) is 34.4 Å². The van der Waals surface area contributed by atoms with E-state index in [1.54, 1.807) is 0 Å². The van der Waals surface area contributed by atoms with Crippen LogP contribution in [0.1, 0.15) is 30.1 Å². The molecular formula is C11H15NO4. The molecule has 0 bridgehead atoms. The van der Waals surface area contributed by atoms with Crippen molar-refractivity contribution in [3.63, 3.8) is 0 Å². The topological polar surface area (TPSA) is 79.5 Å². The van der Waals surface area contributed by atoms with E-state index in [9.17, 15) is 14.7 Å². The highest BCUT2D eigenvalue weighted by Gasteiger charge is 2.08. The lowest BCUT2D eigenvalue weighted by atomic mass is 10.2. The summed E-state index contributed by atoms with van der Waals surface area (Å²) in [6, 6.07) is 2.56. The van der Waals surface area contributed by atoms with E-state index in [4.69, 9.17) is 0 Å². The number of hydrogen-bond donors (Lipinski definition) is 2. The molecule has 1 aromatic rings. The van der Waals surface area contributed by atoms with Crippen LogP contribution in [0.25, 0.3) is 0 Å². The monoisotopic (exact) mass is 225 g/mol. The Morgan fingerprint density at radius 1 is 1.56 bits per heavy atom. The predicted molar refractivity (Wildman–Crippen MR) is 58.2 cm³/mol. The molecule has 16 heavy (non-hydrogen) atoms. The van der Waals surface area contributed by atoms with Crippen molar-refractivity contribution in [2.45, 2.75) is 25.9 Å². The van der Waals surface area contributed by atoms with Crippen LogP contribution in [0.15, 0.2) is 27.6 Å². The quantitative estimate of drug-likeness (QED) is 0.766. The SMILES string of the molecule is CCCC(O)CNC(=O)c1ccc(=O)oc1. The third-order valence-electron chi connectivity index (χ3n) is 2.08. The van der Waals surface area contributed by atoms with Gasteiger partial charge in [0.2, 0.25) is 0 Å². The summed E-state index contributed by atoms with van der Waals surface area (Å²) in [4.78, 5) is 22.1. The van der Waals surface area contributed by atoms with Crippen LogP contribution in [-0.4, -0.2) is 23.7 Å². The highest BCUT2D eigenvalue weighted by Crippen LogP contribution is 1.97. The molecule has 88 valence electrons. The second kappa shape index (κ2) is 6.07. The summed E-state index contributed by atoms with van der Waals surface area (Å²) in [5.74, 6) is -0.362. The van der Waals surface area contributed by atoms with Crippen LogP contribution >= 0.6 is 0 Å². The zero-order valence-electron chi connectivity index (χ0n) is 9.10. The number of hydrogen-bond acceptors (Lipinski definition) is 4. The molecule has 0 aliphatic carbocycles. The molecule has 1 heterocycles. The first-order valence-corrected chi connectivity index (χ1v) is 5.18. The summed E-state index contributed by atoms with van der Waals surface area (Å²) in [7, 11) is 0. The molecule has 0 fully saturated rings. The molecule has 0 spiro atoms. The third kappa shape index (κ3) is 3.86. The fourth-order valence-electron chi connectivity index (χ4n) is 1.24. The molecule has 0 saturated heterocycles. The highest BCUT2D eigenvalue weighted by atomic mass is 16.4. The molecule has 1 unspecified atom stereocenters. The average Bonchev–Trinajstić information content (AvgIpc) is 2.27. The third-order valence-corrected chi connectivity index (χ3v) is 2.08. The second-order valence-corrected chi connectivity index (χ2v) is 3.50. The first-order chi connectivity index (χ1) is 7.63. The first kappa shape index (κ1) is 12.4. The largest absolute Gasteiger partial charge is 0.430 e. The van der Waals surface area contributed by atoms with E-state index < -0.39 is 11.7 Å². The summed E-state index contributed by atoms with van der Waals surface area (Å²) in [5.41, 5.74) is -0.231. The molecule has 0 saturated carbocycles. The van der Waals surface area contributed by atoms with Crippen LogP contribution in [0, 0.1) is 0 Å². The van der Waals surface area contributed by atoms with E-state index in [0.29, 0.717) is 6.42 Å². The van der Waals surface area contributed by atoms with Crippen LogP contribution in [-0.2, 0) is 0 Å². The minimum Gasteiger partial charge on any atom is -0.430 e. The van der Waals surface area contributed by atoms with E-state index in [1.807, 2.05) is 6.92 Å². The summed E-state index contributed by atoms with van der Waals surface area (Å²) >= 11 is 0. The number of aliphatic hydroxyl groups excluding tert-OH is 1. The predicted octanol–water partition coefficient (Wildman–Crippen LogP) is 0.531. The molecule has 5 nitrogen and oxygen atoms in total. The summed E-state index contributed by atoms with van der Waals surface area (Å²) in [5, 5.41) is 12.0. The second-order valence-electron chi connectivity index (χ2n) is 3.50. The summed E-state index contributed by atoms with van der Waals surface area (Å²) in [6.45, 7) is 2.16. The molecule has 0 aliphatic rings. The van der Waals surface area contributed by atoms with Crippen molar-refractivity contribution in [3.8, 4) is 0 Å². The van der Waals surface area contributed by atoms with Gasteiger partial charge < -0.3 is 14.8 Å². The van der Waals surface area contributed by atoms with Gasteiger partial charge in [-0.15, -0.1) is 0 Å². The van der Waals surface area contributed by atoms with E-state index in [2.05, 4.69) is 9.73 Å². The molecule has 1 aromatic heterocycles. The lowest BCUT2D eigenvalue weighted by molar-refractivity contribution is 0.0907. The maximum Gasteiger partial charge on any atom is 0.335 e. The molecule has 0 aromatic carbocycles. The number of carbonyl (C=O) groups is 1. The zero-order chi connectivity index (χ0) is 12.0. The van der Waals surface area contributed by atoms with Crippen molar-refractivity contribution < 1.29 is 14.3 Å². The molecule has 5 heteroatoms. The minimum atomic E-state index is -0.537. The molecule has 2 N–H and O–H groups in total. The highest BCUT2D eigenvalue weighted by molar-refractivity contribution is 5.93. The van der Waals surface area contributed by atoms with Gasteiger partial charge in [0.05, 0.1) is 11.7 Å². The van der Waals surface area contributed by atoms with Crippen LogP contribution in [0.3, 0.4) is 0 Å². The normalized spacial score (nSPS) is 12.1. The van der Waals surface area contributed by atoms with Gasteiger partial charge in [0.25, 0.3) is 5.91 Å². The molecule has 0 radical (unpaired) electrons. The standard InChI is InChI=1S/C11H15NO4/c1-2-3-9(13)6-12-11(15)8-4-5-10(14)16-7-8/h4-5,7,9,13H,2-3,6H2,1H3,(H,12,15). The Morgan fingerprint density at radius 2 is 2.31 bits per heavy atom. The number of nitrogens with one attached hydrogen (secondary N) is 1. The van der Waals surface area contributed by atoms with E-state index in [0.717, 1.165) is 12.7 Å². The van der Waals surface area contributed by atoms with Crippen molar-refractivity contribution in [2.75, 3.05) is 6.54 Å². The minimum absolute atomic E-state index is 0.200. The Bertz CT molecular complexity index is 379. The van der Waals surface area contributed by atoms with Gasteiger partial charge in [0, 0.05) is 12.6 Å². The van der Waals surface area contributed by atoms with Gasteiger partial charge in [-0.25, -0.2) is 4.79 Å². The molecule has 1 atom stereocenters. The summed E-state index contributed by atoms with van der Waals surface area (Å²) in [6.07, 6.45) is 2.07. The van der Waals surface area contributed by atoms with Crippen LogP contribution < -0.4 is 10.9 Å². The fraction of sp³-hybridized carbons (Fsp3) is 0.455. The Hall–Kier alpha value is -1.62. The molecule has 1 rings (SSSR count). The molecule has 0 aliphatic heterocycles. The Kier molecular flexibility index (Phi) is 4.72. The molecule has 1 amide bonds. The van der Waals surface area contributed by atoms with Gasteiger partial charge in [-0.05, 0) is 12.5 Å². The summed E-state index contributed by atoms with van der Waals surface area (Å²) < 4.78 is 4.55. The smallest absolute Gasteiger partial charge is 0.335 e. The van der Waals surface area contributed by atoms with Crippen molar-refractivity contribution in [1.82, 2.24) is 5.32 Å². The number of aliphatic hydroxyl groups is 1. The zero-order valence-corrected chi connectivity index (χ0v) is 9.10. The Morgan fingerprint density at radius 3 is 2.88 bits per heavy atom. The van der Waals surface area contributed by atoms with Gasteiger partial charge in [0.15, 0.2) is 0 Å². The number of carbonyl (C=O) groups excluding carboxylic acids is 1. The van der Waals surface area contributed by atoms with Gasteiger partial charge in [0.1, 0.15) is 6.26 Å². The van der Waals surface area contributed by atoms with Gasteiger partial charge in [-0.1, -0.05) is 13.3 Å². The lowest BCUT2D eigenvalue weighted by Crippen LogP contribution is -2.32. The van der Waals surface area contributed by atoms with Crippen molar-refractivity contribution >= 4 is 5.91 Å². The lowest BCUT2D eigenvalue weighted by Gasteiger charge is -2.10. The van der Waals surface area contributed by atoms with Gasteiger partial charge >= 0.3 is 5.63 Å². The number of amides is 1. The molecular weight excluding hydrogens is 210 g/mol. The van der Waals surface area contributed by atoms with Gasteiger partial charge in [-0.2, -0.15) is 0 Å². The number of rotatable bonds is 5. The average molecular weight is 225 g/mol. The van der Waals surface area contributed by atoms with Crippen LogP contribution in [0.4, 0.5) is 0 Å². The van der Waals surface area contributed by atoms with Crippen molar-refractivity contribution in [1.29, 1.82) is 0 Å². The maximum atomic E-state index is 11.5. The van der Waals surface area contributed by atoms with E-state index in [1.165, 1.54) is 12.1 Å². The van der Waals surface area contributed by atoms with E-state index in [-0.39, 0.29) is 18.0 Å². The fourth-order valence-corrected chi connectivity index (χ4v) is 1.24. The van der Waals surface area contributed by atoms with Crippen molar-refractivity contribution in [2.24, 2.45) is 0 Å². The van der Waals surface area contributed by atoms with Gasteiger partial charge in [-0.3, -0.25) is 4.79 Å².